The van der Waals surface area contributed by atoms with Crippen LogP contribution in [-0.4, -0.2) is 6.29 Å². The largest absolute Gasteiger partial charge is 0.298 e. The predicted octanol–water partition coefficient (Wildman–Crippen LogP) is 8.23. The zero-order chi connectivity index (χ0) is 22.4. The summed E-state index contributed by atoms with van der Waals surface area (Å²) in [7, 11) is 0. The van der Waals surface area contributed by atoms with Crippen LogP contribution in [0.4, 0.5) is 0 Å². The maximum absolute atomic E-state index is 12.0. The Morgan fingerprint density at radius 2 is 1.39 bits per heavy atom. The molecule has 1 heteroatoms. The number of allylic oxidation sites excluding steroid dienone is 2. The fraction of sp³-hybridized carbons (Fsp3) is 0.900. The molecule has 4 saturated carbocycles. The van der Waals surface area contributed by atoms with Gasteiger partial charge in [-0.1, -0.05) is 54.5 Å². The Kier molecular flexibility index (Phi) is 4.82. The molecule has 1 nitrogen and oxygen atoms in total. The molecule has 0 aromatic carbocycles. The van der Waals surface area contributed by atoms with Crippen molar-refractivity contribution in [1.29, 1.82) is 0 Å². The van der Waals surface area contributed by atoms with E-state index < -0.39 is 0 Å². The van der Waals surface area contributed by atoms with Crippen LogP contribution in [0.2, 0.25) is 0 Å². The summed E-state index contributed by atoms with van der Waals surface area (Å²) in [6, 6.07) is 0. The maximum atomic E-state index is 12.0. The van der Waals surface area contributed by atoms with Gasteiger partial charge in [-0.2, -0.15) is 0 Å². The van der Waals surface area contributed by atoms with Crippen LogP contribution in [0.3, 0.4) is 0 Å². The lowest BCUT2D eigenvalue weighted by atomic mass is 9.32. The number of hydrogen-bond donors (Lipinski definition) is 0. The van der Waals surface area contributed by atoms with Gasteiger partial charge in [0.1, 0.15) is 6.29 Å². The first-order chi connectivity index (χ1) is 14.5. The van der Waals surface area contributed by atoms with E-state index >= 15 is 0 Å². The van der Waals surface area contributed by atoms with E-state index in [1.165, 1.54) is 64.1 Å². The normalized spacial score (nSPS) is 56.2. The van der Waals surface area contributed by atoms with Crippen molar-refractivity contribution >= 4 is 6.29 Å². The van der Waals surface area contributed by atoms with Gasteiger partial charge < -0.3 is 0 Å². The van der Waals surface area contributed by atoms with Crippen LogP contribution in [0.15, 0.2) is 11.6 Å². The summed E-state index contributed by atoms with van der Waals surface area (Å²) in [6.45, 7) is 18.2. The molecule has 0 aliphatic heterocycles. The third-order valence-corrected chi connectivity index (χ3v) is 13.3. The minimum Gasteiger partial charge on any atom is -0.298 e. The summed E-state index contributed by atoms with van der Waals surface area (Å²) in [4.78, 5) is 12.0. The maximum Gasteiger partial charge on any atom is 0.146 e. The Labute approximate surface area is 192 Å². The molecule has 0 unspecified atom stereocenters. The molecule has 9 atom stereocenters. The fourth-order valence-electron chi connectivity index (χ4n) is 11.7. The van der Waals surface area contributed by atoms with Crippen molar-refractivity contribution in [3.05, 3.63) is 11.6 Å². The standard InChI is InChI=1S/C30H48O/c1-20(2)22-11-12-24-27(22,4)15-17-30(7)25-13-14-26(3)21(19-31)9-8-10-23(26)28(25,5)16-18-29(24,30)6/h9,19-20,22-25H,8,10-18H2,1-7H3/t22-,23-,24+,25-,26-,27-,28+,29+,30-/m1/s1. The summed E-state index contributed by atoms with van der Waals surface area (Å²) in [5.41, 5.74) is 3.15. The molecule has 0 radical (unpaired) electrons. The molecule has 0 aromatic rings. The second-order valence-corrected chi connectivity index (χ2v) is 14.2. The van der Waals surface area contributed by atoms with Gasteiger partial charge in [0.25, 0.3) is 0 Å². The summed E-state index contributed by atoms with van der Waals surface area (Å²) >= 11 is 0. The third-order valence-electron chi connectivity index (χ3n) is 13.3. The average Bonchev–Trinajstić information content (AvgIpc) is 3.08. The smallest absolute Gasteiger partial charge is 0.146 e. The Balaban J connectivity index is 1.54. The molecule has 0 saturated heterocycles. The Morgan fingerprint density at radius 3 is 2.00 bits per heavy atom. The highest BCUT2D eigenvalue weighted by Crippen LogP contribution is 2.78. The second-order valence-electron chi connectivity index (χ2n) is 14.2. The van der Waals surface area contributed by atoms with Crippen molar-refractivity contribution < 1.29 is 4.79 Å². The number of rotatable bonds is 2. The zero-order valence-electron chi connectivity index (χ0n) is 21.5. The summed E-state index contributed by atoms with van der Waals surface area (Å²) < 4.78 is 0. The minimum atomic E-state index is 0.120. The molecular weight excluding hydrogens is 376 g/mol. The van der Waals surface area contributed by atoms with Crippen molar-refractivity contribution in [2.24, 2.45) is 56.7 Å². The molecular formula is C30H48O. The van der Waals surface area contributed by atoms with Crippen LogP contribution in [0.25, 0.3) is 0 Å². The first kappa shape index (κ1) is 22.2. The van der Waals surface area contributed by atoms with E-state index in [2.05, 4.69) is 54.5 Å². The van der Waals surface area contributed by atoms with Crippen molar-refractivity contribution in [2.45, 2.75) is 113 Å². The Bertz CT molecular complexity index is 794. The lowest BCUT2D eigenvalue weighted by molar-refractivity contribution is -0.235. The number of carbonyl (C=O) groups excluding carboxylic acids is 1. The topological polar surface area (TPSA) is 17.1 Å². The number of carbonyl (C=O) groups is 1. The van der Waals surface area contributed by atoms with Crippen LogP contribution in [0.1, 0.15) is 113 Å². The van der Waals surface area contributed by atoms with Crippen molar-refractivity contribution in [3.63, 3.8) is 0 Å². The highest BCUT2D eigenvalue weighted by atomic mass is 16.1. The van der Waals surface area contributed by atoms with Crippen LogP contribution in [-0.2, 0) is 4.79 Å². The first-order valence-electron chi connectivity index (χ1n) is 13.6. The molecule has 4 fully saturated rings. The SMILES string of the molecule is CC(C)[C@H]1CC[C@H]2[C@]1(C)CC[C@]1(C)[C@@H]3CC[C@]4(C)C(C=O)=CCC[C@H]4[C@]3(C)CC[C@@]21C. The number of hydrogen-bond acceptors (Lipinski definition) is 1. The lowest BCUT2D eigenvalue weighted by Gasteiger charge is -2.73. The molecule has 0 heterocycles. The Morgan fingerprint density at radius 1 is 0.774 bits per heavy atom. The molecule has 0 N–H and O–H groups in total. The first-order valence-corrected chi connectivity index (χ1v) is 13.6. The molecule has 5 aliphatic carbocycles. The van der Waals surface area contributed by atoms with E-state index in [1.807, 2.05) is 0 Å². The minimum absolute atomic E-state index is 0.120. The van der Waals surface area contributed by atoms with Gasteiger partial charge in [-0.25, -0.2) is 0 Å². The van der Waals surface area contributed by atoms with Gasteiger partial charge in [0, 0.05) is 0 Å². The second kappa shape index (κ2) is 6.73. The number of aldehydes is 1. The van der Waals surface area contributed by atoms with Crippen LogP contribution >= 0.6 is 0 Å². The van der Waals surface area contributed by atoms with E-state index in [0.717, 1.165) is 35.7 Å². The highest BCUT2D eigenvalue weighted by molar-refractivity contribution is 5.76. The third kappa shape index (κ3) is 2.53. The summed E-state index contributed by atoms with van der Waals surface area (Å²) in [5, 5.41) is 0. The molecule has 0 amide bonds. The lowest BCUT2D eigenvalue weighted by Crippen LogP contribution is -2.66. The van der Waals surface area contributed by atoms with Crippen molar-refractivity contribution in [3.8, 4) is 0 Å². The molecule has 31 heavy (non-hydrogen) atoms. The van der Waals surface area contributed by atoms with Gasteiger partial charge >= 0.3 is 0 Å². The molecule has 0 spiro atoms. The molecule has 5 aliphatic rings. The molecule has 174 valence electrons. The van der Waals surface area contributed by atoms with Crippen molar-refractivity contribution in [1.82, 2.24) is 0 Å². The van der Waals surface area contributed by atoms with Crippen molar-refractivity contribution in [2.75, 3.05) is 0 Å². The summed E-state index contributed by atoms with van der Waals surface area (Å²) in [5.74, 6) is 4.15. The molecule has 0 bridgehead atoms. The van der Waals surface area contributed by atoms with Crippen LogP contribution < -0.4 is 0 Å². The van der Waals surface area contributed by atoms with Crippen LogP contribution in [0, 0.1) is 56.7 Å². The Hall–Kier alpha value is -0.590. The van der Waals surface area contributed by atoms with E-state index in [1.54, 1.807) is 0 Å². The van der Waals surface area contributed by atoms with Crippen LogP contribution in [0.5, 0.6) is 0 Å². The van der Waals surface area contributed by atoms with E-state index in [0.29, 0.717) is 27.6 Å². The molecule has 5 rings (SSSR count). The quantitative estimate of drug-likeness (QED) is 0.408. The van der Waals surface area contributed by atoms with E-state index in [4.69, 9.17) is 0 Å². The monoisotopic (exact) mass is 424 g/mol. The summed E-state index contributed by atoms with van der Waals surface area (Å²) in [6.07, 6.45) is 17.0. The number of fused-ring (bicyclic) bond motifs is 7. The predicted molar refractivity (Wildman–Crippen MR) is 130 cm³/mol. The van der Waals surface area contributed by atoms with Gasteiger partial charge in [-0.15, -0.1) is 0 Å². The van der Waals surface area contributed by atoms with E-state index in [-0.39, 0.29) is 5.41 Å². The average molecular weight is 425 g/mol. The van der Waals surface area contributed by atoms with Gasteiger partial charge in [0.15, 0.2) is 0 Å². The zero-order valence-corrected chi connectivity index (χ0v) is 21.5. The van der Waals surface area contributed by atoms with Gasteiger partial charge in [0.2, 0.25) is 0 Å². The molecule has 0 aromatic heterocycles. The fourth-order valence-corrected chi connectivity index (χ4v) is 11.7. The van der Waals surface area contributed by atoms with E-state index in [9.17, 15) is 4.79 Å². The van der Waals surface area contributed by atoms with Gasteiger partial charge in [-0.05, 0) is 126 Å². The highest BCUT2D eigenvalue weighted by Gasteiger charge is 2.71. The van der Waals surface area contributed by atoms with Gasteiger partial charge in [0.05, 0.1) is 0 Å². The van der Waals surface area contributed by atoms with Gasteiger partial charge in [-0.3, -0.25) is 4.79 Å².